The number of amides is 1. The molecule has 0 bridgehead atoms. The van der Waals surface area contributed by atoms with E-state index in [2.05, 4.69) is 0 Å². The molecule has 1 aliphatic heterocycles. The normalized spacial score (nSPS) is 15.0. The van der Waals surface area contributed by atoms with E-state index in [1.165, 1.54) is 11.8 Å². The minimum absolute atomic E-state index is 0.118. The second-order valence-corrected chi connectivity index (χ2v) is 5.72. The lowest BCUT2D eigenvalue weighted by Crippen LogP contribution is -2.25. The minimum atomic E-state index is -0.167. The van der Waals surface area contributed by atoms with Crippen molar-refractivity contribution in [2.24, 2.45) is 0 Å². The first kappa shape index (κ1) is 15.0. The second-order valence-electron chi connectivity index (χ2n) is 5.72. The molecule has 4 nitrogen and oxygen atoms in total. The summed E-state index contributed by atoms with van der Waals surface area (Å²) in [4.78, 5) is 28.1. The number of ketones is 1. The molecule has 3 rings (SSSR count). The van der Waals surface area contributed by atoms with Crippen LogP contribution in [0, 0.1) is 0 Å². The summed E-state index contributed by atoms with van der Waals surface area (Å²) >= 11 is 0. The smallest absolute Gasteiger partial charge is 0.228 e. The number of allylic oxidation sites excluding steroid dienone is 1. The van der Waals surface area contributed by atoms with E-state index in [1.807, 2.05) is 55.4 Å². The molecule has 2 aromatic rings. The zero-order chi connectivity index (χ0) is 16.6. The Morgan fingerprint density at radius 2 is 1.70 bits per heavy atom. The molecule has 0 saturated carbocycles. The van der Waals surface area contributed by atoms with Crippen molar-refractivity contribution in [2.45, 2.75) is 6.92 Å². The Bertz CT molecular complexity index is 804. The molecule has 2 aromatic carbocycles. The Kier molecular flexibility index (Phi) is 3.74. The highest BCUT2D eigenvalue weighted by Gasteiger charge is 2.34. The van der Waals surface area contributed by atoms with Gasteiger partial charge in [0.15, 0.2) is 0 Å². The van der Waals surface area contributed by atoms with Crippen LogP contribution in [0.1, 0.15) is 22.8 Å². The van der Waals surface area contributed by atoms with Crippen LogP contribution in [0.25, 0.3) is 6.08 Å². The molecule has 116 valence electrons. The molecule has 0 aliphatic carbocycles. The van der Waals surface area contributed by atoms with Gasteiger partial charge in [-0.1, -0.05) is 24.3 Å². The van der Waals surface area contributed by atoms with Gasteiger partial charge in [-0.05, 0) is 35.9 Å². The third kappa shape index (κ3) is 2.63. The van der Waals surface area contributed by atoms with Gasteiger partial charge in [0.25, 0.3) is 0 Å². The first-order valence-corrected chi connectivity index (χ1v) is 7.42. The van der Waals surface area contributed by atoms with Gasteiger partial charge < -0.3 is 4.90 Å². The van der Waals surface area contributed by atoms with Crippen LogP contribution >= 0.6 is 0 Å². The Balaban J connectivity index is 2.04. The van der Waals surface area contributed by atoms with E-state index in [9.17, 15) is 9.59 Å². The number of hydrogen-bond donors (Lipinski definition) is 0. The molecule has 0 aromatic heterocycles. The summed E-state index contributed by atoms with van der Waals surface area (Å²) < 4.78 is 0. The van der Waals surface area contributed by atoms with Crippen molar-refractivity contribution in [1.29, 1.82) is 0 Å². The Morgan fingerprint density at radius 1 is 1.04 bits per heavy atom. The molecule has 0 N–H and O–H groups in total. The highest BCUT2D eigenvalue weighted by Crippen LogP contribution is 2.35. The molecule has 1 heterocycles. The van der Waals surface area contributed by atoms with E-state index in [1.54, 1.807) is 18.2 Å². The summed E-state index contributed by atoms with van der Waals surface area (Å²) in [5, 5.41) is 0. The van der Waals surface area contributed by atoms with Gasteiger partial charge in [0.05, 0.1) is 11.4 Å². The van der Waals surface area contributed by atoms with E-state index >= 15 is 0 Å². The van der Waals surface area contributed by atoms with Gasteiger partial charge in [0.1, 0.15) is 0 Å². The average Bonchev–Trinajstić information content (AvgIpc) is 2.81. The summed E-state index contributed by atoms with van der Waals surface area (Å²) in [5.74, 6) is -0.285. The monoisotopic (exact) mass is 306 g/mol. The largest absolute Gasteiger partial charge is 0.378 e. The van der Waals surface area contributed by atoms with Crippen LogP contribution in [0.5, 0.6) is 0 Å². The standard InChI is InChI=1S/C19H18N2O2/c1-13(22)21-17-7-5-4-6-16(17)19(23)18(21)12-14-8-10-15(11-9-14)20(2)3/h4-12H,1-3H3/b18-12-. The SMILES string of the molecule is CC(=O)N1/C(=C\c2ccc(N(C)C)cc2)C(=O)c2ccccc21. The molecule has 0 radical (unpaired) electrons. The molecule has 0 fully saturated rings. The van der Waals surface area contributed by atoms with E-state index in [0.717, 1.165) is 11.3 Å². The van der Waals surface area contributed by atoms with Gasteiger partial charge in [-0.25, -0.2) is 0 Å². The van der Waals surface area contributed by atoms with Crippen LogP contribution in [-0.4, -0.2) is 25.8 Å². The van der Waals surface area contributed by atoms with Crippen LogP contribution in [0.15, 0.2) is 54.2 Å². The molecule has 0 unspecified atom stereocenters. The van der Waals surface area contributed by atoms with Gasteiger partial charge in [0, 0.05) is 32.3 Å². The fraction of sp³-hybridized carbons (Fsp3) is 0.158. The van der Waals surface area contributed by atoms with Crippen LogP contribution in [0.2, 0.25) is 0 Å². The number of hydrogen-bond acceptors (Lipinski definition) is 3. The highest BCUT2D eigenvalue weighted by molar-refractivity contribution is 6.26. The Morgan fingerprint density at radius 3 is 2.30 bits per heavy atom. The molecule has 0 saturated heterocycles. The number of nitrogens with zero attached hydrogens (tertiary/aromatic N) is 2. The van der Waals surface area contributed by atoms with E-state index < -0.39 is 0 Å². The number of carbonyl (C=O) groups is 2. The number of fused-ring (bicyclic) bond motifs is 1. The van der Waals surface area contributed by atoms with Crippen molar-refractivity contribution < 1.29 is 9.59 Å². The summed E-state index contributed by atoms with van der Waals surface area (Å²) in [5.41, 5.74) is 3.59. The second kappa shape index (κ2) is 5.72. The van der Waals surface area contributed by atoms with Gasteiger partial charge in [-0.3, -0.25) is 14.5 Å². The van der Waals surface area contributed by atoms with E-state index in [0.29, 0.717) is 16.9 Å². The van der Waals surface area contributed by atoms with Crippen molar-refractivity contribution >= 4 is 29.1 Å². The van der Waals surface area contributed by atoms with Gasteiger partial charge in [-0.2, -0.15) is 0 Å². The molecule has 23 heavy (non-hydrogen) atoms. The third-order valence-corrected chi connectivity index (χ3v) is 3.89. The zero-order valence-electron chi connectivity index (χ0n) is 13.4. The third-order valence-electron chi connectivity index (χ3n) is 3.89. The van der Waals surface area contributed by atoms with E-state index in [4.69, 9.17) is 0 Å². The molecular formula is C19H18N2O2. The lowest BCUT2D eigenvalue weighted by molar-refractivity contribution is -0.116. The van der Waals surface area contributed by atoms with Gasteiger partial charge in [-0.15, -0.1) is 0 Å². The molecular weight excluding hydrogens is 288 g/mol. The van der Waals surface area contributed by atoms with Crippen molar-refractivity contribution in [3.05, 3.63) is 65.4 Å². The predicted octanol–water partition coefficient (Wildman–Crippen LogP) is 3.34. The highest BCUT2D eigenvalue weighted by atomic mass is 16.2. The zero-order valence-corrected chi connectivity index (χ0v) is 13.4. The molecule has 4 heteroatoms. The van der Waals surface area contributed by atoms with Crippen molar-refractivity contribution in [2.75, 3.05) is 23.9 Å². The number of anilines is 2. The maximum Gasteiger partial charge on any atom is 0.228 e. The number of benzene rings is 2. The summed E-state index contributed by atoms with van der Waals surface area (Å²) in [6.45, 7) is 1.47. The molecule has 0 atom stereocenters. The van der Waals surface area contributed by atoms with Crippen molar-refractivity contribution in [1.82, 2.24) is 0 Å². The number of carbonyl (C=O) groups excluding carboxylic acids is 2. The maximum absolute atomic E-state index is 12.6. The van der Waals surface area contributed by atoms with Crippen LogP contribution in [0.3, 0.4) is 0 Å². The van der Waals surface area contributed by atoms with Gasteiger partial charge in [0.2, 0.25) is 11.7 Å². The molecule has 1 amide bonds. The lowest BCUT2D eigenvalue weighted by Gasteiger charge is -2.16. The maximum atomic E-state index is 12.6. The fourth-order valence-electron chi connectivity index (χ4n) is 2.73. The summed E-state index contributed by atoms with van der Waals surface area (Å²) in [6, 6.07) is 15.0. The van der Waals surface area contributed by atoms with Crippen LogP contribution in [0.4, 0.5) is 11.4 Å². The number of rotatable bonds is 2. The van der Waals surface area contributed by atoms with Gasteiger partial charge >= 0.3 is 0 Å². The molecule has 1 aliphatic rings. The average molecular weight is 306 g/mol. The van der Waals surface area contributed by atoms with Crippen molar-refractivity contribution in [3.8, 4) is 0 Å². The van der Waals surface area contributed by atoms with E-state index in [-0.39, 0.29) is 11.7 Å². The summed E-state index contributed by atoms with van der Waals surface area (Å²) in [7, 11) is 3.95. The Hall–Kier alpha value is -2.88. The number of Topliss-reactive ketones (excluding diaryl/α,β-unsaturated/α-hetero) is 1. The first-order chi connectivity index (χ1) is 11.0. The topological polar surface area (TPSA) is 40.6 Å². The van der Waals surface area contributed by atoms with Crippen LogP contribution in [-0.2, 0) is 4.79 Å². The minimum Gasteiger partial charge on any atom is -0.378 e. The number of para-hydroxylation sites is 1. The predicted molar refractivity (Wildman–Crippen MR) is 92.7 cm³/mol. The first-order valence-electron chi connectivity index (χ1n) is 7.42. The fourth-order valence-corrected chi connectivity index (χ4v) is 2.73. The van der Waals surface area contributed by atoms with Crippen LogP contribution < -0.4 is 9.80 Å². The Labute approximate surface area is 135 Å². The summed E-state index contributed by atoms with van der Waals surface area (Å²) in [6.07, 6.45) is 1.77. The van der Waals surface area contributed by atoms with Crippen molar-refractivity contribution in [3.63, 3.8) is 0 Å². The lowest BCUT2D eigenvalue weighted by atomic mass is 10.1. The molecule has 0 spiro atoms. The quantitative estimate of drug-likeness (QED) is 0.799.